The third-order valence-corrected chi connectivity index (χ3v) is 3.00. The van der Waals surface area contributed by atoms with Gasteiger partial charge in [-0.25, -0.2) is 0 Å². The molecule has 0 bridgehead atoms. The second-order valence-corrected chi connectivity index (χ2v) is 4.64. The molecular formula is C11H12ClN3OS. The highest BCUT2D eigenvalue weighted by Gasteiger charge is 2.08. The highest BCUT2D eigenvalue weighted by atomic mass is 35.5. The summed E-state index contributed by atoms with van der Waals surface area (Å²) in [6.07, 6.45) is 1.87. The first-order chi connectivity index (χ1) is 8.19. The van der Waals surface area contributed by atoms with Gasteiger partial charge in [0.2, 0.25) is 0 Å². The highest BCUT2D eigenvalue weighted by Crippen LogP contribution is 2.31. The average molecular weight is 270 g/mol. The van der Waals surface area contributed by atoms with Gasteiger partial charge in [-0.05, 0) is 24.6 Å². The quantitative estimate of drug-likeness (QED) is 0.863. The molecule has 1 heterocycles. The number of anilines is 1. The number of benzene rings is 1. The summed E-state index contributed by atoms with van der Waals surface area (Å²) in [7, 11) is 0. The van der Waals surface area contributed by atoms with Gasteiger partial charge < -0.3 is 10.5 Å². The largest absolute Gasteiger partial charge is 0.428 e. The first-order valence-electron chi connectivity index (χ1n) is 5.24. The number of ether oxygens (including phenoxy) is 1. The molecule has 0 amide bonds. The summed E-state index contributed by atoms with van der Waals surface area (Å²) in [6.45, 7) is 2.08. The standard InChI is InChI=1S/C11H12ClN3OS/c1-2-3-10-14-11(17-15-10)16-9-5-4-7(13)6-8(9)12/h4-6H,2-3,13H2,1H3. The van der Waals surface area contributed by atoms with Crippen molar-refractivity contribution < 1.29 is 4.74 Å². The first kappa shape index (κ1) is 12.1. The van der Waals surface area contributed by atoms with Crippen molar-refractivity contribution in [3.63, 3.8) is 0 Å². The van der Waals surface area contributed by atoms with Gasteiger partial charge in [0, 0.05) is 23.6 Å². The van der Waals surface area contributed by atoms with Crippen LogP contribution in [0.1, 0.15) is 19.2 Å². The summed E-state index contributed by atoms with van der Waals surface area (Å²) in [5.74, 6) is 1.35. The minimum Gasteiger partial charge on any atom is -0.428 e. The van der Waals surface area contributed by atoms with Gasteiger partial charge in [0.25, 0.3) is 5.19 Å². The van der Waals surface area contributed by atoms with Crippen molar-refractivity contribution in [1.29, 1.82) is 0 Å². The lowest BCUT2D eigenvalue weighted by Crippen LogP contribution is -1.89. The summed E-state index contributed by atoms with van der Waals surface area (Å²) in [6, 6.07) is 5.10. The molecule has 0 aliphatic heterocycles. The second-order valence-electron chi connectivity index (χ2n) is 3.52. The fourth-order valence-corrected chi connectivity index (χ4v) is 2.11. The smallest absolute Gasteiger partial charge is 0.298 e. The lowest BCUT2D eigenvalue weighted by atomic mass is 10.3. The SMILES string of the molecule is CCCc1nsc(Oc2ccc(N)cc2Cl)n1. The Hall–Kier alpha value is -1.33. The van der Waals surface area contributed by atoms with Crippen molar-refractivity contribution >= 4 is 28.8 Å². The van der Waals surface area contributed by atoms with Crippen molar-refractivity contribution in [2.45, 2.75) is 19.8 Å². The van der Waals surface area contributed by atoms with Crippen molar-refractivity contribution in [2.75, 3.05) is 5.73 Å². The maximum Gasteiger partial charge on any atom is 0.298 e. The van der Waals surface area contributed by atoms with Gasteiger partial charge in [0.15, 0.2) is 0 Å². The molecule has 1 aromatic heterocycles. The van der Waals surface area contributed by atoms with Crippen LogP contribution in [0.5, 0.6) is 10.9 Å². The molecule has 0 unspecified atom stereocenters. The third kappa shape index (κ3) is 3.08. The predicted octanol–water partition coefficient (Wildman–Crippen LogP) is 3.52. The number of aromatic nitrogens is 2. The topological polar surface area (TPSA) is 61.0 Å². The van der Waals surface area contributed by atoms with Crippen LogP contribution in [0.2, 0.25) is 5.02 Å². The molecule has 1 aromatic carbocycles. The summed E-state index contributed by atoms with van der Waals surface area (Å²) in [5.41, 5.74) is 6.20. The first-order valence-corrected chi connectivity index (χ1v) is 6.39. The molecule has 0 atom stereocenters. The average Bonchev–Trinajstić information content (AvgIpc) is 2.71. The van der Waals surface area contributed by atoms with Crippen molar-refractivity contribution in [3.8, 4) is 10.9 Å². The fourth-order valence-electron chi connectivity index (χ4n) is 1.30. The summed E-state index contributed by atoms with van der Waals surface area (Å²) < 4.78 is 9.74. The normalized spacial score (nSPS) is 10.5. The Morgan fingerprint density at radius 1 is 1.47 bits per heavy atom. The van der Waals surface area contributed by atoms with Crippen LogP contribution in [-0.4, -0.2) is 9.36 Å². The van der Waals surface area contributed by atoms with E-state index in [1.54, 1.807) is 18.2 Å². The van der Waals surface area contributed by atoms with E-state index in [2.05, 4.69) is 16.3 Å². The lowest BCUT2D eigenvalue weighted by molar-refractivity contribution is 0.477. The molecule has 90 valence electrons. The number of hydrogen-bond acceptors (Lipinski definition) is 5. The maximum absolute atomic E-state index is 6.00. The summed E-state index contributed by atoms with van der Waals surface area (Å²) in [4.78, 5) is 4.25. The van der Waals surface area contributed by atoms with Crippen molar-refractivity contribution in [2.24, 2.45) is 0 Å². The van der Waals surface area contributed by atoms with Gasteiger partial charge in [0.05, 0.1) is 5.02 Å². The second kappa shape index (κ2) is 5.33. The molecule has 0 radical (unpaired) electrons. The molecule has 0 saturated carbocycles. The maximum atomic E-state index is 6.00. The fraction of sp³-hybridized carbons (Fsp3) is 0.273. The monoisotopic (exact) mass is 269 g/mol. The Morgan fingerprint density at radius 2 is 2.29 bits per heavy atom. The van der Waals surface area contributed by atoms with Crippen LogP contribution in [0.25, 0.3) is 0 Å². The Kier molecular flexibility index (Phi) is 3.81. The van der Waals surface area contributed by atoms with Crippen LogP contribution in [0, 0.1) is 0 Å². The van der Waals surface area contributed by atoms with Gasteiger partial charge in [-0.15, -0.1) is 0 Å². The minimum atomic E-state index is 0.470. The van der Waals surface area contributed by atoms with Gasteiger partial charge in [-0.3, -0.25) is 0 Å². The van der Waals surface area contributed by atoms with E-state index in [0.29, 0.717) is 21.7 Å². The van der Waals surface area contributed by atoms with E-state index < -0.39 is 0 Å². The Labute approximate surface area is 109 Å². The van der Waals surface area contributed by atoms with E-state index >= 15 is 0 Å². The van der Waals surface area contributed by atoms with E-state index in [9.17, 15) is 0 Å². The zero-order valence-corrected chi connectivity index (χ0v) is 10.9. The number of hydrogen-bond donors (Lipinski definition) is 1. The Bertz CT molecular complexity index is 515. The number of nitrogen functional groups attached to an aromatic ring is 1. The zero-order chi connectivity index (χ0) is 12.3. The molecule has 4 nitrogen and oxygen atoms in total. The van der Waals surface area contributed by atoms with Gasteiger partial charge in [0.1, 0.15) is 11.6 Å². The van der Waals surface area contributed by atoms with Crippen LogP contribution in [-0.2, 0) is 6.42 Å². The lowest BCUT2D eigenvalue weighted by Gasteiger charge is -2.03. The van der Waals surface area contributed by atoms with E-state index in [4.69, 9.17) is 22.1 Å². The third-order valence-electron chi connectivity index (χ3n) is 2.08. The van der Waals surface area contributed by atoms with E-state index in [-0.39, 0.29) is 0 Å². The number of rotatable bonds is 4. The van der Waals surface area contributed by atoms with Crippen LogP contribution in [0.3, 0.4) is 0 Å². The minimum absolute atomic E-state index is 0.470. The Morgan fingerprint density at radius 3 is 3.00 bits per heavy atom. The molecule has 2 rings (SSSR count). The molecule has 2 N–H and O–H groups in total. The molecule has 0 spiro atoms. The van der Waals surface area contributed by atoms with E-state index in [1.807, 2.05) is 0 Å². The van der Waals surface area contributed by atoms with Crippen molar-refractivity contribution in [3.05, 3.63) is 29.0 Å². The van der Waals surface area contributed by atoms with Gasteiger partial charge >= 0.3 is 0 Å². The zero-order valence-electron chi connectivity index (χ0n) is 9.31. The van der Waals surface area contributed by atoms with Gasteiger partial charge in [-0.1, -0.05) is 18.5 Å². The molecule has 6 heteroatoms. The number of nitrogens with zero attached hydrogens (tertiary/aromatic N) is 2. The highest BCUT2D eigenvalue weighted by molar-refractivity contribution is 7.07. The molecule has 17 heavy (non-hydrogen) atoms. The van der Waals surface area contributed by atoms with E-state index in [1.165, 1.54) is 11.5 Å². The number of halogens is 1. The van der Waals surface area contributed by atoms with Crippen LogP contribution >= 0.6 is 23.1 Å². The molecule has 0 aliphatic carbocycles. The molecular weight excluding hydrogens is 258 g/mol. The molecule has 0 aliphatic rings. The predicted molar refractivity (Wildman–Crippen MR) is 69.8 cm³/mol. The molecule has 2 aromatic rings. The number of aryl methyl sites for hydroxylation is 1. The van der Waals surface area contributed by atoms with Crippen LogP contribution in [0.4, 0.5) is 5.69 Å². The van der Waals surface area contributed by atoms with Gasteiger partial charge in [-0.2, -0.15) is 9.36 Å². The molecule has 0 saturated heterocycles. The summed E-state index contributed by atoms with van der Waals surface area (Å²) in [5, 5.41) is 0.970. The van der Waals surface area contributed by atoms with Crippen molar-refractivity contribution in [1.82, 2.24) is 9.36 Å². The van der Waals surface area contributed by atoms with E-state index in [0.717, 1.165) is 18.7 Å². The number of nitrogens with two attached hydrogens (primary N) is 1. The van der Waals surface area contributed by atoms with Crippen LogP contribution < -0.4 is 10.5 Å². The van der Waals surface area contributed by atoms with Crippen LogP contribution in [0.15, 0.2) is 18.2 Å². The summed E-state index contributed by atoms with van der Waals surface area (Å²) >= 11 is 7.22. The molecule has 0 fully saturated rings. The Balaban J connectivity index is 2.13.